The molecule has 0 amide bonds. The first-order valence-electron chi connectivity index (χ1n) is 14.5. The highest BCUT2D eigenvalue weighted by Crippen LogP contribution is 2.62. The van der Waals surface area contributed by atoms with Gasteiger partial charge in [0.1, 0.15) is 0 Å². The molecule has 3 fully saturated rings. The SMILES string of the molecule is C.C.C.C.CC1CCC(C(C)(C)C(C)C(C)(C2CCCCC2)C(C)C(C)(C)C2CCCCC2)CC1. The summed E-state index contributed by atoms with van der Waals surface area (Å²) in [7, 11) is 0. The highest BCUT2D eigenvalue weighted by molar-refractivity contribution is 5.03. The van der Waals surface area contributed by atoms with Crippen LogP contribution in [0.15, 0.2) is 0 Å². The fourth-order valence-electron chi connectivity index (χ4n) is 8.97. The molecule has 0 radical (unpaired) electrons. The largest absolute Gasteiger partial charge is 0.0776 e. The van der Waals surface area contributed by atoms with E-state index in [2.05, 4.69) is 55.4 Å². The molecule has 0 spiro atoms. The van der Waals surface area contributed by atoms with E-state index in [0.717, 1.165) is 35.5 Å². The Morgan fingerprint density at radius 3 is 1.14 bits per heavy atom. The Morgan fingerprint density at radius 2 is 0.771 bits per heavy atom. The van der Waals surface area contributed by atoms with E-state index in [0.29, 0.717) is 16.2 Å². The molecule has 0 saturated heterocycles. The summed E-state index contributed by atoms with van der Waals surface area (Å²) in [6.45, 7) is 21.4. The Balaban J connectivity index is 0. The summed E-state index contributed by atoms with van der Waals surface area (Å²) in [6.07, 6.45) is 20.7. The zero-order valence-corrected chi connectivity index (χ0v) is 22.9. The van der Waals surface area contributed by atoms with Crippen molar-refractivity contribution in [2.45, 2.75) is 175 Å². The lowest BCUT2D eigenvalue weighted by atomic mass is 9.45. The van der Waals surface area contributed by atoms with Crippen molar-refractivity contribution in [1.29, 1.82) is 0 Å². The molecule has 0 heteroatoms. The maximum atomic E-state index is 2.79. The van der Waals surface area contributed by atoms with Crippen LogP contribution in [0.5, 0.6) is 0 Å². The van der Waals surface area contributed by atoms with Gasteiger partial charge in [-0.3, -0.25) is 0 Å². The molecule has 0 aliphatic heterocycles. The van der Waals surface area contributed by atoms with Crippen LogP contribution in [0.25, 0.3) is 0 Å². The third-order valence-corrected chi connectivity index (χ3v) is 12.3. The van der Waals surface area contributed by atoms with Gasteiger partial charge in [0.15, 0.2) is 0 Å². The Morgan fingerprint density at radius 1 is 0.457 bits per heavy atom. The van der Waals surface area contributed by atoms with Gasteiger partial charge in [-0.25, -0.2) is 0 Å². The molecule has 0 nitrogen and oxygen atoms in total. The predicted molar refractivity (Wildman–Crippen MR) is 165 cm³/mol. The summed E-state index contributed by atoms with van der Waals surface area (Å²) in [5.41, 5.74) is 1.36. The molecule has 3 atom stereocenters. The van der Waals surface area contributed by atoms with Crippen LogP contribution < -0.4 is 0 Å². The summed E-state index contributed by atoms with van der Waals surface area (Å²) >= 11 is 0. The zero-order valence-electron chi connectivity index (χ0n) is 22.9. The first kappa shape index (κ1) is 37.2. The molecule has 0 aromatic heterocycles. The molecule has 3 unspecified atom stereocenters. The summed E-state index contributed by atoms with van der Waals surface area (Å²) in [6, 6.07) is 0. The van der Waals surface area contributed by atoms with Gasteiger partial charge in [0.2, 0.25) is 0 Å². The summed E-state index contributed by atoms with van der Waals surface area (Å²) in [5, 5.41) is 0. The van der Waals surface area contributed by atoms with Crippen molar-refractivity contribution in [3.8, 4) is 0 Å². The third-order valence-electron chi connectivity index (χ3n) is 12.3. The normalized spacial score (nSPS) is 28.1. The molecular formula is C35H74. The van der Waals surface area contributed by atoms with Crippen LogP contribution in [0.1, 0.15) is 175 Å². The molecule has 0 bridgehead atoms. The lowest BCUT2D eigenvalue weighted by molar-refractivity contribution is -0.115. The predicted octanol–water partition coefficient (Wildman–Crippen LogP) is 12.8. The van der Waals surface area contributed by atoms with E-state index in [1.54, 1.807) is 0 Å². The van der Waals surface area contributed by atoms with Gasteiger partial charge in [0.05, 0.1) is 0 Å². The lowest BCUT2D eigenvalue weighted by Gasteiger charge is -2.60. The molecule has 0 aromatic carbocycles. The quantitative estimate of drug-likeness (QED) is 0.330. The fourth-order valence-corrected chi connectivity index (χ4v) is 8.97. The van der Waals surface area contributed by atoms with Crippen LogP contribution in [0.3, 0.4) is 0 Å². The lowest BCUT2D eigenvalue weighted by Crippen LogP contribution is -2.53. The molecule has 35 heavy (non-hydrogen) atoms. The van der Waals surface area contributed by atoms with Crippen LogP contribution in [-0.2, 0) is 0 Å². The minimum Gasteiger partial charge on any atom is -0.0776 e. The first-order valence-corrected chi connectivity index (χ1v) is 14.5. The fraction of sp³-hybridized carbons (Fsp3) is 1.00. The smallest absolute Gasteiger partial charge is 0.0236 e. The van der Waals surface area contributed by atoms with Gasteiger partial charge < -0.3 is 0 Å². The van der Waals surface area contributed by atoms with Gasteiger partial charge in [-0.15, -0.1) is 0 Å². The highest BCUT2D eigenvalue weighted by atomic mass is 14.6. The van der Waals surface area contributed by atoms with Crippen molar-refractivity contribution in [2.75, 3.05) is 0 Å². The van der Waals surface area contributed by atoms with Gasteiger partial charge in [-0.2, -0.15) is 0 Å². The monoisotopic (exact) mass is 495 g/mol. The van der Waals surface area contributed by atoms with E-state index in [1.807, 2.05) is 0 Å². The first-order chi connectivity index (χ1) is 14.5. The van der Waals surface area contributed by atoms with Crippen molar-refractivity contribution in [1.82, 2.24) is 0 Å². The average molecular weight is 495 g/mol. The summed E-state index contributed by atoms with van der Waals surface area (Å²) < 4.78 is 0. The zero-order chi connectivity index (χ0) is 22.9. The van der Waals surface area contributed by atoms with Crippen molar-refractivity contribution < 1.29 is 0 Å². The molecule has 214 valence electrons. The van der Waals surface area contributed by atoms with Crippen LogP contribution in [0, 0.1) is 51.8 Å². The Hall–Kier alpha value is 0. The Bertz CT molecular complexity index is 536. The van der Waals surface area contributed by atoms with Crippen LogP contribution >= 0.6 is 0 Å². The van der Waals surface area contributed by atoms with Gasteiger partial charge >= 0.3 is 0 Å². The van der Waals surface area contributed by atoms with E-state index in [4.69, 9.17) is 0 Å². The summed E-state index contributed by atoms with van der Waals surface area (Å²) in [5.74, 6) is 5.33. The van der Waals surface area contributed by atoms with Gasteiger partial charge in [0, 0.05) is 0 Å². The third kappa shape index (κ3) is 7.53. The van der Waals surface area contributed by atoms with Gasteiger partial charge in [-0.05, 0) is 90.3 Å². The van der Waals surface area contributed by atoms with Crippen molar-refractivity contribution in [3.05, 3.63) is 0 Å². The van der Waals surface area contributed by atoms with Crippen LogP contribution in [0.2, 0.25) is 0 Å². The van der Waals surface area contributed by atoms with Crippen LogP contribution in [0.4, 0.5) is 0 Å². The molecule has 0 N–H and O–H groups in total. The van der Waals surface area contributed by atoms with E-state index in [-0.39, 0.29) is 29.7 Å². The Kier molecular flexibility index (Phi) is 15.7. The van der Waals surface area contributed by atoms with Gasteiger partial charge in [0.25, 0.3) is 0 Å². The standard InChI is InChI=1S/C31H58.4CH4/c1-23-19-21-27(22-20-23)30(6,7)25(3)31(8,28-17-13-10-14-18-28)24(2)29(4,5)26-15-11-9-12-16-26;;;;/h23-28H,9-22H2,1-8H3;4*1H4. The minimum atomic E-state index is 0. The molecule has 0 aromatic rings. The van der Waals surface area contributed by atoms with E-state index < -0.39 is 0 Å². The van der Waals surface area contributed by atoms with E-state index in [9.17, 15) is 0 Å². The number of hydrogen-bond acceptors (Lipinski definition) is 0. The maximum Gasteiger partial charge on any atom is -0.0236 e. The second kappa shape index (κ2) is 14.8. The van der Waals surface area contributed by atoms with E-state index in [1.165, 1.54) is 89.9 Å². The molecule has 0 heterocycles. The highest BCUT2D eigenvalue weighted by Gasteiger charge is 2.55. The van der Waals surface area contributed by atoms with Gasteiger partial charge in [-0.1, -0.05) is 136 Å². The van der Waals surface area contributed by atoms with Crippen molar-refractivity contribution in [3.63, 3.8) is 0 Å². The van der Waals surface area contributed by atoms with Crippen LogP contribution in [-0.4, -0.2) is 0 Å². The Labute approximate surface area is 226 Å². The number of hydrogen-bond donors (Lipinski definition) is 0. The second-order valence-electron chi connectivity index (χ2n) is 14.1. The average Bonchev–Trinajstić information content (AvgIpc) is 2.79. The van der Waals surface area contributed by atoms with E-state index >= 15 is 0 Å². The van der Waals surface area contributed by atoms with Crippen molar-refractivity contribution in [2.24, 2.45) is 51.8 Å². The topological polar surface area (TPSA) is 0 Å². The van der Waals surface area contributed by atoms with Crippen molar-refractivity contribution >= 4 is 0 Å². The maximum absolute atomic E-state index is 2.79. The molecular weight excluding hydrogens is 420 g/mol. The summed E-state index contributed by atoms with van der Waals surface area (Å²) in [4.78, 5) is 0. The molecule has 3 aliphatic rings. The second-order valence-corrected chi connectivity index (χ2v) is 14.1. The minimum absolute atomic E-state index is 0. The molecule has 3 saturated carbocycles. The molecule has 3 rings (SSSR count). The molecule has 3 aliphatic carbocycles. The number of rotatable bonds is 7.